The maximum absolute atomic E-state index is 12.0. The fraction of sp³-hybridized carbons (Fsp3) is 0.500. The Balaban J connectivity index is 1.80. The number of carbonyl (C=O) groups is 2. The highest BCUT2D eigenvalue weighted by Gasteiger charge is 2.28. The summed E-state index contributed by atoms with van der Waals surface area (Å²) in [7, 11) is 0. The second kappa shape index (κ2) is 5.75. The normalized spacial score (nSPS) is 24.5. The van der Waals surface area contributed by atoms with Gasteiger partial charge in [-0.15, -0.1) is 0 Å². The molecule has 0 aliphatic carbocycles. The molecular weight excluding hydrogens is 252 g/mol. The number of amides is 2. The summed E-state index contributed by atoms with van der Waals surface area (Å²) >= 11 is 0. The van der Waals surface area contributed by atoms with Crippen molar-refractivity contribution in [2.24, 2.45) is 0 Å². The standard InChI is InChI=1S/C16H20N2O2/c19-15-5-4-14(16(20)18-15)13-3-1-2-12(10-13)11-6-8-17-9-7-11/h1-3,10-11,14,17H,4-9H2,(H,18,19,20). The monoisotopic (exact) mass is 272 g/mol. The summed E-state index contributed by atoms with van der Waals surface area (Å²) in [6.45, 7) is 2.13. The number of benzene rings is 1. The van der Waals surface area contributed by atoms with Gasteiger partial charge in [0.05, 0.1) is 5.92 Å². The predicted octanol–water partition coefficient (Wildman–Crippen LogP) is 1.67. The molecule has 2 saturated heterocycles. The Morgan fingerprint density at radius 2 is 1.75 bits per heavy atom. The van der Waals surface area contributed by atoms with Crippen molar-refractivity contribution >= 4 is 11.8 Å². The van der Waals surface area contributed by atoms with Crippen LogP contribution in [-0.2, 0) is 9.59 Å². The van der Waals surface area contributed by atoms with Gasteiger partial charge >= 0.3 is 0 Å². The molecule has 1 aromatic rings. The molecule has 1 aromatic carbocycles. The molecule has 2 N–H and O–H groups in total. The largest absolute Gasteiger partial charge is 0.317 e. The molecule has 2 aliphatic heterocycles. The third-order valence-electron chi connectivity index (χ3n) is 4.36. The molecule has 2 heterocycles. The zero-order valence-electron chi connectivity index (χ0n) is 11.5. The van der Waals surface area contributed by atoms with Crippen molar-refractivity contribution in [2.75, 3.05) is 13.1 Å². The number of nitrogens with one attached hydrogen (secondary N) is 2. The van der Waals surface area contributed by atoms with Gasteiger partial charge in [-0.05, 0) is 49.4 Å². The molecule has 20 heavy (non-hydrogen) atoms. The van der Waals surface area contributed by atoms with Gasteiger partial charge in [0.25, 0.3) is 0 Å². The van der Waals surface area contributed by atoms with Crippen LogP contribution in [-0.4, -0.2) is 24.9 Å². The summed E-state index contributed by atoms with van der Waals surface area (Å²) < 4.78 is 0. The van der Waals surface area contributed by atoms with E-state index in [9.17, 15) is 9.59 Å². The van der Waals surface area contributed by atoms with Crippen molar-refractivity contribution < 1.29 is 9.59 Å². The van der Waals surface area contributed by atoms with Gasteiger partial charge in [0.1, 0.15) is 0 Å². The maximum atomic E-state index is 12.0. The molecule has 3 rings (SSSR count). The summed E-state index contributed by atoms with van der Waals surface area (Å²) in [6, 6.07) is 8.36. The first-order valence-corrected chi connectivity index (χ1v) is 7.38. The van der Waals surface area contributed by atoms with Crippen LogP contribution in [0.1, 0.15) is 48.6 Å². The third kappa shape index (κ3) is 2.75. The fourth-order valence-corrected chi connectivity index (χ4v) is 3.20. The molecule has 0 bridgehead atoms. The van der Waals surface area contributed by atoms with Crippen LogP contribution in [0.15, 0.2) is 24.3 Å². The van der Waals surface area contributed by atoms with Crippen molar-refractivity contribution in [3.63, 3.8) is 0 Å². The highest BCUT2D eigenvalue weighted by Crippen LogP contribution is 2.30. The molecule has 106 valence electrons. The number of hydrogen-bond acceptors (Lipinski definition) is 3. The summed E-state index contributed by atoms with van der Waals surface area (Å²) in [5.74, 6) is 0.114. The van der Waals surface area contributed by atoms with E-state index in [0.29, 0.717) is 18.8 Å². The molecular formula is C16H20N2O2. The van der Waals surface area contributed by atoms with Gasteiger partial charge in [0, 0.05) is 6.42 Å². The van der Waals surface area contributed by atoms with Crippen LogP contribution in [0.4, 0.5) is 0 Å². The lowest BCUT2D eigenvalue weighted by Gasteiger charge is -2.25. The van der Waals surface area contributed by atoms with E-state index in [-0.39, 0.29) is 17.7 Å². The van der Waals surface area contributed by atoms with Crippen molar-refractivity contribution in [2.45, 2.75) is 37.5 Å². The molecule has 1 unspecified atom stereocenters. The summed E-state index contributed by atoms with van der Waals surface area (Å²) in [6.07, 6.45) is 3.37. The lowest BCUT2D eigenvalue weighted by atomic mass is 9.85. The Kier molecular flexibility index (Phi) is 3.83. The first kappa shape index (κ1) is 13.3. The number of piperidine rings is 2. The van der Waals surface area contributed by atoms with Crippen molar-refractivity contribution in [3.05, 3.63) is 35.4 Å². The van der Waals surface area contributed by atoms with E-state index in [1.165, 1.54) is 5.56 Å². The van der Waals surface area contributed by atoms with Gasteiger partial charge in [-0.1, -0.05) is 24.3 Å². The van der Waals surface area contributed by atoms with E-state index >= 15 is 0 Å². The Labute approximate surface area is 118 Å². The van der Waals surface area contributed by atoms with Gasteiger partial charge in [0.15, 0.2) is 0 Å². The van der Waals surface area contributed by atoms with Crippen LogP contribution in [0.5, 0.6) is 0 Å². The zero-order valence-corrected chi connectivity index (χ0v) is 11.5. The quantitative estimate of drug-likeness (QED) is 0.805. The Morgan fingerprint density at radius 1 is 1.00 bits per heavy atom. The minimum Gasteiger partial charge on any atom is -0.317 e. The molecule has 4 heteroatoms. The molecule has 0 saturated carbocycles. The smallest absolute Gasteiger partial charge is 0.234 e. The summed E-state index contributed by atoms with van der Waals surface area (Å²) in [4.78, 5) is 23.2. The van der Waals surface area contributed by atoms with E-state index in [1.54, 1.807) is 0 Å². The molecule has 1 atom stereocenters. The Hall–Kier alpha value is -1.68. The van der Waals surface area contributed by atoms with Crippen LogP contribution in [0.2, 0.25) is 0 Å². The highest BCUT2D eigenvalue weighted by atomic mass is 16.2. The topological polar surface area (TPSA) is 58.2 Å². The zero-order chi connectivity index (χ0) is 13.9. The van der Waals surface area contributed by atoms with Crippen LogP contribution >= 0.6 is 0 Å². The average molecular weight is 272 g/mol. The number of rotatable bonds is 2. The minimum absolute atomic E-state index is 0.149. The van der Waals surface area contributed by atoms with E-state index in [2.05, 4.69) is 22.8 Å². The van der Waals surface area contributed by atoms with E-state index < -0.39 is 0 Å². The molecule has 2 fully saturated rings. The second-order valence-electron chi connectivity index (χ2n) is 5.70. The van der Waals surface area contributed by atoms with Gasteiger partial charge in [-0.2, -0.15) is 0 Å². The lowest BCUT2D eigenvalue weighted by Crippen LogP contribution is -2.39. The highest BCUT2D eigenvalue weighted by molar-refractivity contribution is 6.00. The van der Waals surface area contributed by atoms with Gasteiger partial charge in [0.2, 0.25) is 11.8 Å². The first-order valence-electron chi connectivity index (χ1n) is 7.38. The number of hydrogen-bond donors (Lipinski definition) is 2. The van der Waals surface area contributed by atoms with Gasteiger partial charge in [-0.25, -0.2) is 0 Å². The molecule has 0 radical (unpaired) electrons. The number of imide groups is 1. The number of carbonyl (C=O) groups excluding carboxylic acids is 2. The summed E-state index contributed by atoms with van der Waals surface area (Å²) in [5, 5.41) is 5.81. The Bertz CT molecular complexity index is 521. The van der Waals surface area contributed by atoms with E-state index in [0.717, 1.165) is 31.5 Å². The SMILES string of the molecule is O=C1CCC(c2cccc(C3CCNCC3)c2)C(=O)N1. The second-order valence-corrected chi connectivity index (χ2v) is 5.70. The van der Waals surface area contributed by atoms with E-state index in [1.807, 2.05) is 12.1 Å². The van der Waals surface area contributed by atoms with Crippen LogP contribution in [0, 0.1) is 0 Å². The first-order chi connectivity index (χ1) is 9.74. The van der Waals surface area contributed by atoms with Crippen molar-refractivity contribution in [1.29, 1.82) is 0 Å². The van der Waals surface area contributed by atoms with Gasteiger partial charge < -0.3 is 5.32 Å². The third-order valence-corrected chi connectivity index (χ3v) is 4.36. The predicted molar refractivity (Wildman–Crippen MR) is 76.4 cm³/mol. The maximum Gasteiger partial charge on any atom is 0.234 e. The van der Waals surface area contributed by atoms with Crippen LogP contribution in [0.3, 0.4) is 0 Å². The van der Waals surface area contributed by atoms with Crippen LogP contribution in [0.25, 0.3) is 0 Å². The molecule has 2 amide bonds. The Morgan fingerprint density at radius 3 is 2.50 bits per heavy atom. The van der Waals surface area contributed by atoms with Crippen molar-refractivity contribution in [3.8, 4) is 0 Å². The van der Waals surface area contributed by atoms with E-state index in [4.69, 9.17) is 0 Å². The molecule has 2 aliphatic rings. The summed E-state index contributed by atoms with van der Waals surface area (Å²) in [5.41, 5.74) is 2.37. The molecule has 4 nitrogen and oxygen atoms in total. The van der Waals surface area contributed by atoms with Gasteiger partial charge in [-0.3, -0.25) is 14.9 Å². The minimum atomic E-state index is -0.172. The molecule has 0 aromatic heterocycles. The van der Waals surface area contributed by atoms with Crippen molar-refractivity contribution in [1.82, 2.24) is 10.6 Å². The average Bonchev–Trinajstić information content (AvgIpc) is 2.48. The molecule has 0 spiro atoms. The lowest BCUT2D eigenvalue weighted by molar-refractivity contribution is -0.134. The van der Waals surface area contributed by atoms with Crippen LogP contribution < -0.4 is 10.6 Å². The fourth-order valence-electron chi connectivity index (χ4n) is 3.20.